The number of aryl methyl sites for hydroxylation is 3. The van der Waals surface area contributed by atoms with Crippen LogP contribution in [0.1, 0.15) is 36.6 Å². The van der Waals surface area contributed by atoms with E-state index < -0.39 is 0 Å². The van der Waals surface area contributed by atoms with Crippen LogP contribution in [0, 0.1) is 6.92 Å². The van der Waals surface area contributed by atoms with Gasteiger partial charge in [-0.3, -0.25) is 14.1 Å². The maximum atomic E-state index is 13.7. The van der Waals surface area contributed by atoms with Gasteiger partial charge in [0.1, 0.15) is 5.82 Å². The second kappa shape index (κ2) is 9.54. The van der Waals surface area contributed by atoms with Gasteiger partial charge in [-0.25, -0.2) is 9.89 Å². The zero-order chi connectivity index (χ0) is 24.4. The predicted octanol–water partition coefficient (Wildman–Crippen LogP) is 3.92. The van der Waals surface area contributed by atoms with E-state index >= 15 is 0 Å². The number of aromatic nitrogens is 8. The van der Waals surface area contributed by atoms with Gasteiger partial charge < -0.3 is 4.57 Å². The van der Waals surface area contributed by atoms with Crippen molar-refractivity contribution in [2.24, 2.45) is 7.05 Å². The van der Waals surface area contributed by atoms with Gasteiger partial charge in [-0.2, -0.15) is 0 Å². The first kappa shape index (κ1) is 22.5. The highest BCUT2D eigenvalue weighted by Crippen LogP contribution is 2.26. The highest BCUT2D eigenvalue weighted by atomic mass is 16.1. The van der Waals surface area contributed by atoms with Crippen LogP contribution in [0.5, 0.6) is 0 Å². The van der Waals surface area contributed by atoms with E-state index in [1.807, 2.05) is 78.1 Å². The minimum atomic E-state index is -0.0380. The summed E-state index contributed by atoms with van der Waals surface area (Å²) in [6.45, 7) is 4.65. The number of hydrogen-bond acceptors (Lipinski definition) is 5. The molecule has 0 aliphatic carbocycles. The zero-order valence-corrected chi connectivity index (χ0v) is 20.1. The van der Waals surface area contributed by atoms with Crippen LogP contribution in [-0.4, -0.2) is 39.3 Å². The van der Waals surface area contributed by atoms with Gasteiger partial charge in [0.25, 0.3) is 0 Å². The number of aromatic amines is 1. The summed E-state index contributed by atoms with van der Waals surface area (Å²) in [6.07, 6.45) is 10.5. The number of nitrogens with one attached hydrogen (secondary N) is 1. The summed E-state index contributed by atoms with van der Waals surface area (Å²) in [5, 5.41) is 14.0. The zero-order valence-electron chi connectivity index (χ0n) is 20.1. The molecule has 0 spiro atoms. The second-order valence-corrected chi connectivity index (χ2v) is 8.76. The first-order chi connectivity index (χ1) is 17.1. The number of hydrogen-bond donors (Lipinski definition) is 1. The lowest BCUT2D eigenvalue weighted by Gasteiger charge is -2.12. The van der Waals surface area contributed by atoms with E-state index in [1.165, 1.54) is 0 Å². The predicted molar refractivity (Wildman–Crippen MR) is 134 cm³/mol. The average Bonchev–Trinajstić information content (AvgIpc) is 3.60. The molecular weight excluding hydrogens is 440 g/mol. The first-order valence-corrected chi connectivity index (χ1v) is 11.8. The van der Waals surface area contributed by atoms with Crippen LogP contribution in [0.15, 0.2) is 66.0 Å². The molecule has 0 saturated carbocycles. The molecule has 0 aliphatic heterocycles. The summed E-state index contributed by atoms with van der Waals surface area (Å²) in [7, 11) is 1.97. The molecule has 178 valence electrons. The lowest BCUT2D eigenvalue weighted by Crippen LogP contribution is -2.26. The Kier molecular flexibility index (Phi) is 6.13. The molecule has 0 bridgehead atoms. The molecule has 1 N–H and O–H groups in total. The summed E-state index contributed by atoms with van der Waals surface area (Å²) in [6, 6.07) is 12.1. The SMILES string of the molecule is CCCCc1cn(-c2c(C)ccn2C)c(=O)n1Cc1cnccc1-c1ccc(-c2nnn[nH]2)cc1. The molecule has 0 fully saturated rings. The van der Waals surface area contributed by atoms with E-state index in [1.54, 1.807) is 10.8 Å². The Morgan fingerprint density at radius 3 is 2.54 bits per heavy atom. The van der Waals surface area contributed by atoms with Crippen LogP contribution in [-0.2, 0) is 20.0 Å². The Labute approximate surface area is 203 Å². The van der Waals surface area contributed by atoms with Crippen molar-refractivity contribution in [2.75, 3.05) is 0 Å². The number of unbranched alkanes of at least 4 members (excludes halogenated alkanes) is 1. The monoisotopic (exact) mass is 468 g/mol. The maximum absolute atomic E-state index is 13.7. The molecule has 35 heavy (non-hydrogen) atoms. The minimum Gasteiger partial charge on any atom is -0.337 e. The largest absolute Gasteiger partial charge is 0.337 e. The molecule has 4 heterocycles. The van der Waals surface area contributed by atoms with Crippen molar-refractivity contribution >= 4 is 0 Å². The first-order valence-electron chi connectivity index (χ1n) is 11.8. The van der Waals surface area contributed by atoms with Crippen molar-refractivity contribution < 1.29 is 0 Å². The number of H-pyrrole nitrogens is 1. The summed E-state index contributed by atoms with van der Waals surface area (Å²) < 4.78 is 5.65. The number of nitrogens with zero attached hydrogens (tertiary/aromatic N) is 7. The summed E-state index contributed by atoms with van der Waals surface area (Å²) in [5.41, 5.74) is 6.03. The topological polar surface area (TPSA) is 99.2 Å². The van der Waals surface area contributed by atoms with E-state index in [-0.39, 0.29) is 5.69 Å². The molecule has 5 aromatic rings. The fourth-order valence-electron chi connectivity index (χ4n) is 4.51. The third kappa shape index (κ3) is 4.32. The lowest BCUT2D eigenvalue weighted by atomic mass is 10.00. The molecule has 0 amide bonds. The Hall–Kier alpha value is -4.27. The molecule has 0 saturated heterocycles. The fraction of sp³-hybridized carbons (Fsp3) is 0.269. The van der Waals surface area contributed by atoms with Gasteiger partial charge in [-0.05, 0) is 64.6 Å². The van der Waals surface area contributed by atoms with E-state index in [4.69, 9.17) is 0 Å². The van der Waals surface area contributed by atoms with Gasteiger partial charge >= 0.3 is 5.69 Å². The van der Waals surface area contributed by atoms with Gasteiger partial charge in [-0.15, -0.1) is 5.10 Å². The van der Waals surface area contributed by atoms with Crippen LogP contribution >= 0.6 is 0 Å². The van der Waals surface area contributed by atoms with Gasteiger partial charge in [-0.1, -0.05) is 37.6 Å². The van der Waals surface area contributed by atoms with Crippen molar-refractivity contribution in [1.29, 1.82) is 0 Å². The van der Waals surface area contributed by atoms with Crippen LogP contribution in [0.3, 0.4) is 0 Å². The molecule has 5 rings (SSSR count). The number of rotatable bonds is 8. The van der Waals surface area contributed by atoms with Gasteiger partial charge in [0.15, 0.2) is 5.82 Å². The van der Waals surface area contributed by atoms with Crippen molar-refractivity contribution in [3.05, 3.63) is 88.5 Å². The molecule has 1 aromatic carbocycles. The van der Waals surface area contributed by atoms with E-state index in [0.29, 0.717) is 12.4 Å². The number of imidazole rings is 1. The third-order valence-corrected chi connectivity index (χ3v) is 6.36. The molecule has 0 atom stereocenters. The molecule has 9 heteroatoms. The maximum Gasteiger partial charge on any atom is 0.334 e. The Morgan fingerprint density at radius 2 is 1.86 bits per heavy atom. The minimum absolute atomic E-state index is 0.0380. The van der Waals surface area contributed by atoms with Gasteiger partial charge in [0.2, 0.25) is 0 Å². The van der Waals surface area contributed by atoms with Crippen molar-refractivity contribution in [2.45, 2.75) is 39.7 Å². The molecular formula is C26H28N8O. The normalized spacial score (nSPS) is 11.3. The standard InChI is InChI=1S/C26H28N8O/c1-4-5-6-22-17-34(25-18(2)12-14-32(25)3)26(35)33(22)16-21-15-27-13-11-23(21)19-7-9-20(10-8-19)24-28-30-31-29-24/h7-15,17H,4-6,16H2,1-3H3,(H,28,29,30,31). The van der Waals surface area contributed by atoms with Crippen LogP contribution in [0.2, 0.25) is 0 Å². The highest BCUT2D eigenvalue weighted by Gasteiger charge is 2.17. The fourth-order valence-corrected chi connectivity index (χ4v) is 4.51. The third-order valence-electron chi connectivity index (χ3n) is 6.36. The van der Waals surface area contributed by atoms with Gasteiger partial charge in [0, 0.05) is 43.1 Å². The van der Waals surface area contributed by atoms with Crippen LogP contribution in [0.4, 0.5) is 0 Å². The smallest absolute Gasteiger partial charge is 0.334 e. The van der Waals surface area contributed by atoms with E-state index in [0.717, 1.165) is 58.6 Å². The quantitative estimate of drug-likeness (QED) is 0.372. The highest BCUT2D eigenvalue weighted by molar-refractivity contribution is 5.69. The Morgan fingerprint density at radius 1 is 1.06 bits per heavy atom. The summed E-state index contributed by atoms with van der Waals surface area (Å²) in [5.74, 6) is 1.52. The van der Waals surface area contributed by atoms with E-state index in [9.17, 15) is 4.79 Å². The number of pyridine rings is 1. The van der Waals surface area contributed by atoms with Crippen molar-refractivity contribution in [1.82, 2.24) is 39.3 Å². The van der Waals surface area contributed by atoms with Gasteiger partial charge in [0.05, 0.1) is 6.54 Å². The van der Waals surface area contributed by atoms with Crippen LogP contribution in [0.25, 0.3) is 28.3 Å². The van der Waals surface area contributed by atoms with E-state index in [2.05, 4.69) is 32.5 Å². The van der Waals surface area contributed by atoms with Crippen molar-refractivity contribution in [3.8, 4) is 28.3 Å². The van der Waals surface area contributed by atoms with Crippen LogP contribution < -0.4 is 5.69 Å². The molecule has 9 nitrogen and oxygen atoms in total. The second-order valence-electron chi connectivity index (χ2n) is 8.76. The van der Waals surface area contributed by atoms with Crippen molar-refractivity contribution in [3.63, 3.8) is 0 Å². The molecule has 0 aliphatic rings. The number of benzene rings is 1. The molecule has 0 radical (unpaired) electrons. The Balaban J connectivity index is 1.54. The molecule has 0 unspecified atom stereocenters. The summed E-state index contributed by atoms with van der Waals surface area (Å²) in [4.78, 5) is 18.0. The molecule has 4 aromatic heterocycles. The lowest BCUT2D eigenvalue weighted by molar-refractivity contribution is 0.669. The number of tetrazole rings is 1. The summed E-state index contributed by atoms with van der Waals surface area (Å²) >= 11 is 0. The average molecular weight is 469 g/mol. The Bertz CT molecular complexity index is 1470.